The van der Waals surface area contributed by atoms with Gasteiger partial charge in [0, 0.05) is 31.6 Å². The molecule has 0 aliphatic carbocycles. The van der Waals surface area contributed by atoms with Gasteiger partial charge in [0.1, 0.15) is 5.82 Å². The highest BCUT2D eigenvalue weighted by molar-refractivity contribution is 5.77. The maximum absolute atomic E-state index is 13.1. The number of fused-ring (bicyclic) bond motifs is 2. The summed E-state index contributed by atoms with van der Waals surface area (Å²) in [4.78, 5) is 27.8. The zero-order chi connectivity index (χ0) is 20.6. The third kappa shape index (κ3) is 3.22. The van der Waals surface area contributed by atoms with Crippen LogP contribution in [0.5, 0.6) is 0 Å². The van der Waals surface area contributed by atoms with E-state index < -0.39 is 0 Å². The maximum Gasteiger partial charge on any atom is 0.280 e. The summed E-state index contributed by atoms with van der Waals surface area (Å²) in [7, 11) is 0. The second-order valence-corrected chi connectivity index (χ2v) is 8.28. The molecule has 1 amide bonds. The minimum atomic E-state index is -0.246. The summed E-state index contributed by atoms with van der Waals surface area (Å²) in [5, 5.41) is 8.79. The lowest BCUT2D eigenvalue weighted by molar-refractivity contribution is -0.130. The molecule has 30 heavy (non-hydrogen) atoms. The Labute approximate surface area is 175 Å². The molecule has 1 spiro atoms. The van der Waals surface area contributed by atoms with Gasteiger partial charge in [-0.3, -0.25) is 14.2 Å². The van der Waals surface area contributed by atoms with Crippen molar-refractivity contribution in [3.63, 3.8) is 0 Å². The number of hydrogen-bond donors (Lipinski definition) is 0. The molecule has 6 nitrogen and oxygen atoms in total. The van der Waals surface area contributed by atoms with E-state index in [4.69, 9.17) is 0 Å². The van der Waals surface area contributed by atoms with Crippen LogP contribution >= 0.6 is 0 Å². The molecule has 1 aromatic heterocycles. The van der Waals surface area contributed by atoms with Crippen molar-refractivity contribution < 1.29 is 4.79 Å². The lowest BCUT2D eigenvalue weighted by Gasteiger charge is -2.23. The summed E-state index contributed by atoms with van der Waals surface area (Å²) in [6.45, 7) is 1.97. The molecule has 5 rings (SSSR count). The first-order valence-electron chi connectivity index (χ1n) is 10.5. The number of amides is 1. The summed E-state index contributed by atoms with van der Waals surface area (Å²) < 4.78 is 1.77. The minimum Gasteiger partial charge on any atom is -0.342 e. The molecule has 0 radical (unpaired) electrons. The molecule has 0 bridgehead atoms. The predicted molar refractivity (Wildman–Crippen MR) is 114 cm³/mol. The number of aromatic nitrogens is 3. The zero-order valence-electron chi connectivity index (χ0n) is 16.8. The van der Waals surface area contributed by atoms with E-state index in [0.29, 0.717) is 31.7 Å². The molecular weight excluding hydrogens is 376 g/mol. The van der Waals surface area contributed by atoms with E-state index in [9.17, 15) is 9.59 Å². The molecule has 1 fully saturated rings. The molecule has 0 saturated carbocycles. The number of hydrogen-bond acceptors (Lipinski definition) is 4. The van der Waals surface area contributed by atoms with Crippen LogP contribution in [0.4, 0.5) is 0 Å². The third-order valence-corrected chi connectivity index (χ3v) is 6.46. The molecule has 152 valence electrons. The Kier molecular flexibility index (Phi) is 4.69. The van der Waals surface area contributed by atoms with Crippen molar-refractivity contribution >= 4 is 5.91 Å². The van der Waals surface area contributed by atoms with Gasteiger partial charge in [0.25, 0.3) is 5.56 Å². The normalized spacial score (nSPS) is 19.9. The van der Waals surface area contributed by atoms with E-state index >= 15 is 0 Å². The smallest absolute Gasteiger partial charge is 0.280 e. The number of aryl methyl sites for hydroxylation is 1. The number of benzene rings is 2. The van der Waals surface area contributed by atoms with Crippen LogP contribution in [-0.2, 0) is 23.2 Å². The zero-order valence-corrected chi connectivity index (χ0v) is 16.8. The van der Waals surface area contributed by atoms with Gasteiger partial charge < -0.3 is 4.90 Å². The minimum absolute atomic E-state index is 0.0862. The van der Waals surface area contributed by atoms with Crippen molar-refractivity contribution in [1.82, 2.24) is 19.7 Å². The summed E-state index contributed by atoms with van der Waals surface area (Å²) in [5.41, 5.74) is 2.03. The Bertz CT molecular complexity index is 1130. The molecule has 2 aliphatic rings. The monoisotopic (exact) mass is 400 g/mol. The van der Waals surface area contributed by atoms with E-state index in [1.54, 1.807) is 4.57 Å². The van der Waals surface area contributed by atoms with Crippen LogP contribution in [0.15, 0.2) is 65.5 Å². The summed E-state index contributed by atoms with van der Waals surface area (Å²) in [5.74, 6) is 0.913. The lowest BCUT2D eigenvalue weighted by atomic mass is 9.85. The van der Waals surface area contributed by atoms with Crippen LogP contribution in [0.3, 0.4) is 0 Å². The van der Waals surface area contributed by atoms with E-state index in [1.807, 2.05) is 53.4 Å². The summed E-state index contributed by atoms with van der Waals surface area (Å²) in [6, 6.07) is 19.6. The molecule has 3 aromatic rings. The molecule has 1 saturated heterocycles. The molecule has 2 aliphatic heterocycles. The van der Waals surface area contributed by atoms with Crippen LogP contribution in [0.2, 0.25) is 0 Å². The Balaban J connectivity index is 1.34. The number of carbonyl (C=O) groups excluding carboxylic acids is 1. The standard InChI is InChI=1S/C24H24N4O2/c29-20(12-11-18-7-3-1-4-8-18)27-15-13-24(17-27)14-16-28-22(30)21(25-26-23(24)28)19-9-5-2-6-10-19/h1-10H,11-17H2/t24-/m1/s1. The van der Waals surface area contributed by atoms with Crippen LogP contribution in [-0.4, -0.2) is 38.7 Å². The second-order valence-electron chi connectivity index (χ2n) is 8.28. The maximum atomic E-state index is 13.1. The fourth-order valence-electron chi connectivity index (χ4n) is 4.76. The third-order valence-electron chi connectivity index (χ3n) is 6.46. The van der Waals surface area contributed by atoms with Gasteiger partial charge in [0.05, 0.1) is 5.41 Å². The molecule has 3 heterocycles. The van der Waals surface area contributed by atoms with E-state index in [-0.39, 0.29) is 16.9 Å². The molecule has 6 heteroatoms. The molecule has 1 atom stereocenters. The summed E-state index contributed by atoms with van der Waals surface area (Å²) >= 11 is 0. The highest BCUT2D eigenvalue weighted by Crippen LogP contribution is 2.40. The van der Waals surface area contributed by atoms with Gasteiger partial charge >= 0.3 is 0 Å². The van der Waals surface area contributed by atoms with E-state index in [0.717, 1.165) is 30.7 Å². The van der Waals surface area contributed by atoms with Crippen LogP contribution in [0.25, 0.3) is 11.3 Å². The fourth-order valence-corrected chi connectivity index (χ4v) is 4.76. The van der Waals surface area contributed by atoms with Gasteiger partial charge in [-0.1, -0.05) is 60.7 Å². The molecular formula is C24H24N4O2. The van der Waals surface area contributed by atoms with Crippen molar-refractivity contribution in [2.24, 2.45) is 0 Å². The Hall–Kier alpha value is -3.28. The Morgan fingerprint density at radius 3 is 2.40 bits per heavy atom. The first kappa shape index (κ1) is 18.7. The van der Waals surface area contributed by atoms with Crippen molar-refractivity contribution in [3.8, 4) is 11.3 Å². The molecule has 2 aromatic carbocycles. The molecule has 0 N–H and O–H groups in total. The fraction of sp³-hybridized carbons (Fsp3) is 0.333. The molecule has 0 unspecified atom stereocenters. The summed E-state index contributed by atoms with van der Waals surface area (Å²) in [6.07, 6.45) is 2.92. The Morgan fingerprint density at radius 2 is 1.63 bits per heavy atom. The van der Waals surface area contributed by atoms with Crippen LogP contribution in [0, 0.1) is 0 Å². The van der Waals surface area contributed by atoms with Gasteiger partial charge in [-0.2, -0.15) is 0 Å². The van der Waals surface area contributed by atoms with Crippen LogP contribution in [0.1, 0.15) is 30.7 Å². The Morgan fingerprint density at radius 1 is 0.933 bits per heavy atom. The average Bonchev–Trinajstić information content (AvgIpc) is 3.39. The number of rotatable bonds is 4. The average molecular weight is 400 g/mol. The first-order valence-corrected chi connectivity index (χ1v) is 10.5. The van der Waals surface area contributed by atoms with Gasteiger partial charge in [0.2, 0.25) is 5.91 Å². The quantitative estimate of drug-likeness (QED) is 0.675. The number of carbonyl (C=O) groups is 1. The van der Waals surface area contributed by atoms with Crippen molar-refractivity contribution in [1.29, 1.82) is 0 Å². The van der Waals surface area contributed by atoms with Gasteiger partial charge in [-0.05, 0) is 24.8 Å². The first-order chi connectivity index (χ1) is 14.7. The number of nitrogens with zero attached hydrogens (tertiary/aromatic N) is 4. The highest BCUT2D eigenvalue weighted by atomic mass is 16.2. The van der Waals surface area contributed by atoms with Gasteiger partial charge in [-0.25, -0.2) is 0 Å². The second kappa shape index (κ2) is 7.52. The van der Waals surface area contributed by atoms with Crippen molar-refractivity contribution in [3.05, 3.63) is 82.4 Å². The van der Waals surface area contributed by atoms with Gasteiger partial charge in [-0.15, -0.1) is 10.2 Å². The topological polar surface area (TPSA) is 68.1 Å². The van der Waals surface area contributed by atoms with Gasteiger partial charge in [0.15, 0.2) is 5.69 Å². The predicted octanol–water partition coefficient (Wildman–Crippen LogP) is 2.81. The van der Waals surface area contributed by atoms with E-state index in [2.05, 4.69) is 22.3 Å². The number of likely N-dealkylation sites (tertiary alicyclic amines) is 1. The largest absolute Gasteiger partial charge is 0.342 e. The van der Waals surface area contributed by atoms with Crippen LogP contribution < -0.4 is 5.56 Å². The highest BCUT2D eigenvalue weighted by Gasteiger charge is 2.48. The SMILES string of the molecule is O=C(CCc1ccccc1)N1CC[C@@]2(CCn3c2nnc(-c2ccccc2)c3=O)C1. The van der Waals surface area contributed by atoms with E-state index in [1.165, 1.54) is 5.56 Å². The van der Waals surface area contributed by atoms with Crippen molar-refractivity contribution in [2.45, 2.75) is 37.6 Å². The lowest BCUT2D eigenvalue weighted by Crippen LogP contribution is -2.35. The van der Waals surface area contributed by atoms with Crippen molar-refractivity contribution in [2.75, 3.05) is 13.1 Å².